The highest BCUT2D eigenvalue weighted by Gasteiger charge is 2.35. The Labute approximate surface area is 115 Å². The molecule has 1 aliphatic heterocycles. The van der Waals surface area contributed by atoms with Gasteiger partial charge in [0.1, 0.15) is 5.01 Å². The Hall–Kier alpha value is -1.46. The van der Waals surface area contributed by atoms with E-state index in [0.717, 1.165) is 30.0 Å². The molecule has 0 radical (unpaired) electrons. The van der Waals surface area contributed by atoms with E-state index in [1.54, 1.807) is 11.3 Å². The van der Waals surface area contributed by atoms with Crippen LogP contribution in [-0.4, -0.2) is 33.5 Å². The number of carbonyl (C=O) groups is 1. The van der Waals surface area contributed by atoms with E-state index < -0.39 is 5.97 Å². The summed E-state index contributed by atoms with van der Waals surface area (Å²) in [7, 11) is 0. The van der Waals surface area contributed by atoms with Gasteiger partial charge in [-0.3, -0.25) is 9.69 Å². The van der Waals surface area contributed by atoms with Gasteiger partial charge in [-0.1, -0.05) is 12.1 Å². The molecule has 5 heteroatoms. The van der Waals surface area contributed by atoms with Crippen molar-refractivity contribution < 1.29 is 9.90 Å². The van der Waals surface area contributed by atoms with Gasteiger partial charge in [-0.05, 0) is 32.0 Å². The van der Waals surface area contributed by atoms with Crippen LogP contribution in [0.25, 0.3) is 10.2 Å². The van der Waals surface area contributed by atoms with Crippen LogP contribution in [0.2, 0.25) is 0 Å². The van der Waals surface area contributed by atoms with Crippen LogP contribution in [0.4, 0.5) is 0 Å². The fraction of sp³-hybridized carbons (Fsp3) is 0.429. The minimum absolute atomic E-state index is 0.0875. The van der Waals surface area contributed by atoms with Gasteiger partial charge in [-0.25, -0.2) is 4.98 Å². The first kappa shape index (κ1) is 12.6. The van der Waals surface area contributed by atoms with Gasteiger partial charge in [0.05, 0.1) is 22.7 Å². The number of carboxylic acid groups (broad SMARTS) is 1. The maximum Gasteiger partial charge on any atom is 0.308 e. The Bertz CT molecular complexity index is 577. The maximum atomic E-state index is 11.1. The minimum atomic E-state index is -0.681. The summed E-state index contributed by atoms with van der Waals surface area (Å²) in [6.07, 6.45) is 0.737. The van der Waals surface area contributed by atoms with E-state index in [4.69, 9.17) is 5.11 Å². The Morgan fingerprint density at radius 2 is 2.32 bits per heavy atom. The van der Waals surface area contributed by atoms with Gasteiger partial charge in [-0.2, -0.15) is 0 Å². The first-order valence-corrected chi connectivity index (χ1v) is 7.28. The third-order valence-corrected chi connectivity index (χ3v) is 4.90. The average Bonchev–Trinajstić information content (AvgIpc) is 2.94. The monoisotopic (exact) mass is 276 g/mol. The Morgan fingerprint density at radius 3 is 3.00 bits per heavy atom. The lowest BCUT2D eigenvalue weighted by Gasteiger charge is -2.21. The van der Waals surface area contributed by atoms with Crippen molar-refractivity contribution >= 4 is 27.5 Å². The van der Waals surface area contributed by atoms with Gasteiger partial charge in [-0.15, -0.1) is 11.3 Å². The van der Waals surface area contributed by atoms with Crippen LogP contribution in [0.3, 0.4) is 0 Å². The molecule has 2 heterocycles. The van der Waals surface area contributed by atoms with E-state index in [9.17, 15) is 4.79 Å². The van der Waals surface area contributed by atoms with E-state index in [0.29, 0.717) is 0 Å². The summed E-state index contributed by atoms with van der Waals surface area (Å²) in [5.41, 5.74) is 1.03. The summed E-state index contributed by atoms with van der Waals surface area (Å²) in [5, 5.41) is 10.2. The molecular formula is C14H16N2O2S. The molecule has 0 aliphatic carbocycles. The molecule has 0 spiro atoms. The van der Waals surface area contributed by atoms with Crippen LogP contribution >= 0.6 is 11.3 Å². The normalized spacial score (nSPS) is 24.1. The standard InChI is InChI=1S/C14H16N2O2S/c1-9-10(14(17)18)6-7-16(9)8-13-15-11-4-2-3-5-12(11)19-13/h2-5,9-10H,6-8H2,1H3,(H,17,18). The lowest BCUT2D eigenvalue weighted by atomic mass is 10.0. The largest absolute Gasteiger partial charge is 0.481 e. The number of aliphatic carboxylic acids is 1. The van der Waals surface area contributed by atoms with Crippen LogP contribution in [0.15, 0.2) is 24.3 Å². The SMILES string of the molecule is CC1C(C(=O)O)CCN1Cc1nc2ccccc2s1. The number of nitrogens with zero attached hydrogens (tertiary/aromatic N) is 2. The molecule has 1 aromatic carbocycles. The van der Waals surface area contributed by atoms with Crippen molar-refractivity contribution in [3.05, 3.63) is 29.3 Å². The number of thiazole rings is 1. The average molecular weight is 276 g/mol. The van der Waals surface area contributed by atoms with Gasteiger partial charge in [0.2, 0.25) is 0 Å². The molecule has 1 fully saturated rings. The van der Waals surface area contributed by atoms with Crippen molar-refractivity contribution in [2.45, 2.75) is 25.9 Å². The van der Waals surface area contributed by atoms with Gasteiger partial charge >= 0.3 is 5.97 Å². The Kier molecular flexibility index (Phi) is 3.24. The molecule has 1 aromatic heterocycles. The molecule has 2 aromatic rings. The molecule has 100 valence electrons. The third kappa shape index (κ3) is 2.35. The second-order valence-electron chi connectivity index (χ2n) is 5.02. The molecule has 3 rings (SSSR count). The number of fused-ring (bicyclic) bond motifs is 1. The van der Waals surface area contributed by atoms with E-state index in [1.165, 1.54) is 4.70 Å². The van der Waals surface area contributed by atoms with Crippen LogP contribution in [-0.2, 0) is 11.3 Å². The summed E-state index contributed by atoms with van der Waals surface area (Å²) in [6.45, 7) is 3.59. The fourth-order valence-corrected chi connectivity index (χ4v) is 3.71. The van der Waals surface area contributed by atoms with Crippen molar-refractivity contribution in [2.24, 2.45) is 5.92 Å². The highest BCUT2D eigenvalue weighted by atomic mass is 32.1. The van der Waals surface area contributed by atoms with Crippen LogP contribution in [0.1, 0.15) is 18.4 Å². The van der Waals surface area contributed by atoms with Crippen LogP contribution in [0, 0.1) is 5.92 Å². The zero-order chi connectivity index (χ0) is 13.4. The summed E-state index contributed by atoms with van der Waals surface area (Å²) in [6, 6.07) is 8.19. The molecule has 1 N–H and O–H groups in total. The van der Waals surface area contributed by atoms with Crippen molar-refractivity contribution in [3.8, 4) is 0 Å². The van der Waals surface area contributed by atoms with Gasteiger partial charge in [0.15, 0.2) is 0 Å². The third-order valence-electron chi connectivity index (χ3n) is 3.88. The summed E-state index contributed by atoms with van der Waals surface area (Å²) >= 11 is 1.70. The van der Waals surface area contributed by atoms with Crippen LogP contribution in [0.5, 0.6) is 0 Å². The van der Waals surface area contributed by atoms with E-state index in [-0.39, 0.29) is 12.0 Å². The highest BCUT2D eigenvalue weighted by molar-refractivity contribution is 7.18. The number of benzene rings is 1. The molecule has 4 nitrogen and oxygen atoms in total. The van der Waals surface area contributed by atoms with E-state index in [2.05, 4.69) is 16.0 Å². The van der Waals surface area contributed by atoms with Crippen molar-refractivity contribution in [2.75, 3.05) is 6.54 Å². The number of likely N-dealkylation sites (tertiary alicyclic amines) is 1. The number of carboxylic acids is 1. The zero-order valence-corrected chi connectivity index (χ0v) is 11.6. The quantitative estimate of drug-likeness (QED) is 0.936. The van der Waals surface area contributed by atoms with Gasteiger partial charge in [0, 0.05) is 6.04 Å². The molecule has 0 bridgehead atoms. The van der Waals surface area contributed by atoms with Crippen molar-refractivity contribution in [1.29, 1.82) is 0 Å². The number of aromatic nitrogens is 1. The van der Waals surface area contributed by atoms with E-state index >= 15 is 0 Å². The predicted octanol–water partition coefficient (Wildman–Crippen LogP) is 2.59. The molecular weight excluding hydrogens is 260 g/mol. The topological polar surface area (TPSA) is 53.4 Å². The number of hydrogen-bond acceptors (Lipinski definition) is 4. The van der Waals surface area contributed by atoms with Crippen molar-refractivity contribution in [1.82, 2.24) is 9.88 Å². The molecule has 2 unspecified atom stereocenters. The molecule has 0 saturated carbocycles. The summed E-state index contributed by atoms with van der Waals surface area (Å²) < 4.78 is 1.19. The first-order valence-electron chi connectivity index (χ1n) is 6.46. The molecule has 1 aliphatic rings. The highest BCUT2D eigenvalue weighted by Crippen LogP contribution is 2.28. The Morgan fingerprint density at radius 1 is 1.53 bits per heavy atom. The second-order valence-corrected chi connectivity index (χ2v) is 6.14. The summed E-state index contributed by atoms with van der Waals surface area (Å²) in [4.78, 5) is 17.9. The number of para-hydroxylation sites is 1. The van der Waals surface area contributed by atoms with Gasteiger partial charge in [0.25, 0.3) is 0 Å². The smallest absolute Gasteiger partial charge is 0.308 e. The summed E-state index contributed by atoms with van der Waals surface area (Å²) in [5.74, 6) is -0.923. The second kappa shape index (κ2) is 4.90. The van der Waals surface area contributed by atoms with Crippen molar-refractivity contribution in [3.63, 3.8) is 0 Å². The maximum absolute atomic E-state index is 11.1. The first-order chi connectivity index (χ1) is 9.15. The molecule has 1 saturated heterocycles. The fourth-order valence-electron chi connectivity index (χ4n) is 2.72. The lowest BCUT2D eigenvalue weighted by Crippen LogP contribution is -2.32. The molecule has 0 amide bonds. The minimum Gasteiger partial charge on any atom is -0.481 e. The number of rotatable bonds is 3. The molecule has 19 heavy (non-hydrogen) atoms. The lowest BCUT2D eigenvalue weighted by molar-refractivity contribution is -0.142. The van der Waals surface area contributed by atoms with Crippen LogP contribution < -0.4 is 0 Å². The number of hydrogen-bond donors (Lipinski definition) is 1. The predicted molar refractivity (Wildman–Crippen MR) is 75.2 cm³/mol. The molecule has 2 atom stereocenters. The zero-order valence-electron chi connectivity index (χ0n) is 10.7. The van der Waals surface area contributed by atoms with E-state index in [1.807, 2.05) is 25.1 Å². The Balaban J connectivity index is 1.76. The van der Waals surface area contributed by atoms with Gasteiger partial charge < -0.3 is 5.11 Å².